The molecule has 1 aromatic heterocycles. The van der Waals surface area contributed by atoms with Gasteiger partial charge in [-0.2, -0.15) is 0 Å². The highest BCUT2D eigenvalue weighted by molar-refractivity contribution is 5.26. The molecule has 1 N–H and O–H groups in total. The first kappa shape index (κ1) is 11.0. The Hall–Kier alpha value is -1.14. The van der Waals surface area contributed by atoms with Gasteiger partial charge in [0.25, 0.3) is 0 Å². The second-order valence-electron chi connectivity index (χ2n) is 4.99. The van der Waals surface area contributed by atoms with Gasteiger partial charge in [0.05, 0.1) is 12.0 Å². The molecule has 3 heterocycles. The standard InChI is InChI=1S/C11H18N4O2/c1-11(2-7-16-8-11)9-13-14-10(17-9)15-5-3-12-4-6-15/h12H,2-8H2,1H3. The first-order chi connectivity index (χ1) is 8.28. The SMILES string of the molecule is CC1(c2nnc(N3CCNCC3)o2)CCOC1. The molecule has 3 rings (SSSR count). The van der Waals surface area contributed by atoms with E-state index in [-0.39, 0.29) is 5.41 Å². The molecule has 0 amide bonds. The van der Waals surface area contributed by atoms with Gasteiger partial charge in [-0.05, 0) is 13.3 Å². The van der Waals surface area contributed by atoms with E-state index in [4.69, 9.17) is 9.15 Å². The average molecular weight is 238 g/mol. The number of rotatable bonds is 2. The van der Waals surface area contributed by atoms with Crippen LogP contribution in [0.1, 0.15) is 19.2 Å². The third-order valence-electron chi connectivity index (χ3n) is 3.54. The average Bonchev–Trinajstić information content (AvgIpc) is 2.99. The van der Waals surface area contributed by atoms with Crippen LogP contribution in [0.15, 0.2) is 4.42 Å². The van der Waals surface area contributed by atoms with E-state index in [1.165, 1.54) is 0 Å². The molecule has 0 aliphatic carbocycles. The van der Waals surface area contributed by atoms with Crippen LogP contribution in [0, 0.1) is 0 Å². The fourth-order valence-electron chi connectivity index (χ4n) is 2.28. The number of aromatic nitrogens is 2. The number of hydrogen-bond acceptors (Lipinski definition) is 6. The summed E-state index contributed by atoms with van der Waals surface area (Å²) in [5, 5.41) is 11.6. The minimum absolute atomic E-state index is 0.0979. The molecule has 2 aliphatic heterocycles. The normalized spacial score (nSPS) is 29.8. The summed E-state index contributed by atoms with van der Waals surface area (Å²) >= 11 is 0. The van der Waals surface area contributed by atoms with Crippen molar-refractivity contribution in [3.8, 4) is 0 Å². The molecule has 2 aliphatic rings. The van der Waals surface area contributed by atoms with Crippen molar-refractivity contribution in [1.82, 2.24) is 15.5 Å². The van der Waals surface area contributed by atoms with Crippen molar-refractivity contribution in [2.24, 2.45) is 0 Å². The molecule has 0 aromatic carbocycles. The highest BCUT2D eigenvalue weighted by Crippen LogP contribution is 2.32. The van der Waals surface area contributed by atoms with Crippen molar-refractivity contribution < 1.29 is 9.15 Å². The highest BCUT2D eigenvalue weighted by atomic mass is 16.5. The summed E-state index contributed by atoms with van der Waals surface area (Å²) in [7, 11) is 0. The lowest BCUT2D eigenvalue weighted by molar-refractivity contribution is 0.173. The maximum absolute atomic E-state index is 5.81. The Morgan fingerprint density at radius 2 is 2.12 bits per heavy atom. The molecule has 1 aromatic rings. The zero-order chi connectivity index (χ0) is 11.7. The third kappa shape index (κ3) is 2.02. The number of hydrogen-bond donors (Lipinski definition) is 1. The van der Waals surface area contributed by atoms with Gasteiger partial charge >= 0.3 is 6.01 Å². The molecule has 2 fully saturated rings. The highest BCUT2D eigenvalue weighted by Gasteiger charge is 2.37. The van der Waals surface area contributed by atoms with Crippen LogP contribution in [-0.2, 0) is 10.2 Å². The zero-order valence-electron chi connectivity index (χ0n) is 10.1. The van der Waals surface area contributed by atoms with Crippen LogP contribution in [0.25, 0.3) is 0 Å². The number of ether oxygens (including phenoxy) is 1. The van der Waals surface area contributed by atoms with Gasteiger partial charge in [0, 0.05) is 32.8 Å². The van der Waals surface area contributed by atoms with Crippen LogP contribution in [0.2, 0.25) is 0 Å². The van der Waals surface area contributed by atoms with Crippen LogP contribution in [0.5, 0.6) is 0 Å². The quantitative estimate of drug-likeness (QED) is 0.791. The van der Waals surface area contributed by atoms with E-state index in [0.29, 0.717) is 18.5 Å². The molecule has 0 saturated carbocycles. The summed E-state index contributed by atoms with van der Waals surface area (Å²) in [6, 6.07) is 0.648. The van der Waals surface area contributed by atoms with Gasteiger partial charge in [0.15, 0.2) is 0 Å². The summed E-state index contributed by atoms with van der Waals surface area (Å²) in [4.78, 5) is 2.13. The Morgan fingerprint density at radius 1 is 1.29 bits per heavy atom. The molecule has 1 unspecified atom stereocenters. The molecule has 0 bridgehead atoms. The van der Waals surface area contributed by atoms with Crippen LogP contribution >= 0.6 is 0 Å². The minimum atomic E-state index is -0.0979. The molecule has 0 radical (unpaired) electrons. The molecular weight excluding hydrogens is 220 g/mol. The Kier molecular flexibility index (Phi) is 2.76. The maximum Gasteiger partial charge on any atom is 0.318 e. The Labute approximate surface area is 100 Å². The smallest absolute Gasteiger partial charge is 0.318 e. The Balaban J connectivity index is 1.77. The number of nitrogens with zero attached hydrogens (tertiary/aromatic N) is 3. The zero-order valence-corrected chi connectivity index (χ0v) is 10.1. The first-order valence-electron chi connectivity index (χ1n) is 6.15. The summed E-state index contributed by atoms with van der Waals surface area (Å²) in [5.74, 6) is 0.712. The molecule has 94 valence electrons. The van der Waals surface area contributed by atoms with Gasteiger partial charge < -0.3 is 19.4 Å². The van der Waals surface area contributed by atoms with Crippen molar-refractivity contribution in [1.29, 1.82) is 0 Å². The number of anilines is 1. The summed E-state index contributed by atoms with van der Waals surface area (Å²) in [6.07, 6.45) is 0.955. The van der Waals surface area contributed by atoms with Crippen LogP contribution in [0.3, 0.4) is 0 Å². The molecule has 1 atom stereocenters. The molecule has 6 nitrogen and oxygen atoms in total. The molecule has 6 heteroatoms. The van der Waals surface area contributed by atoms with E-state index in [0.717, 1.165) is 39.2 Å². The van der Waals surface area contributed by atoms with Crippen molar-refractivity contribution in [2.45, 2.75) is 18.8 Å². The van der Waals surface area contributed by atoms with Crippen molar-refractivity contribution in [3.05, 3.63) is 5.89 Å². The molecule has 2 saturated heterocycles. The third-order valence-corrected chi connectivity index (χ3v) is 3.54. The van der Waals surface area contributed by atoms with E-state index in [1.807, 2.05) is 0 Å². The largest absolute Gasteiger partial charge is 0.407 e. The predicted octanol–water partition coefficient (Wildman–Crippen LogP) is 0.157. The van der Waals surface area contributed by atoms with Crippen LogP contribution in [0.4, 0.5) is 6.01 Å². The lowest BCUT2D eigenvalue weighted by atomic mass is 9.90. The molecular formula is C11H18N4O2. The van der Waals surface area contributed by atoms with E-state index < -0.39 is 0 Å². The topological polar surface area (TPSA) is 63.4 Å². The Bertz CT molecular complexity index is 381. The number of nitrogens with one attached hydrogen (secondary N) is 1. The van der Waals surface area contributed by atoms with Crippen molar-refractivity contribution in [2.75, 3.05) is 44.3 Å². The first-order valence-corrected chi connectivity index (χ1v) is 6.15. The monoisotopic (exact) mass is 238 g/mol. The Morgan fingerprint density at radius 3 is 2.82 bits per heavy atom. The van der Waals surface area contributed by atoms with Gasteiger partial charge in [0.2, 0.25) is 5.89 Å². The van der Waals surface area contributed by atoms with Gasteiger partial charge in [-0.3, -0.25) is 0 Å². The van der Waals surface area contributed by atoms with E-state index in [1.54, 1.807) is 0 Å². The minimum Gasteiger partial charge on any atom is -0.407 e. The number of piperazine rings is 1. The van der Waals surface area contributed by atoms with Crippen LogP contribution in [-0.4, -0.2) is 49.6 Å². The lowest BCUT2D eigenvalue weighted by Crippen LogP contribution is -2.43. The fraction of sp³-hybridized carbons (Fsp3) is 0.818. The van der Waals surface area contributed by atoms with Gasteiger partial charge in [-0.1, -0.05) is 5.10 Å². The summed E-state index contributed by atoms with van der Waals surface area (Å²) in [6.45, 7) is 7.37. The lowest BCUT2D eigenvalue weighted by Gasteiger charge is -2.25. The fourth-order valence-corrected chi connectivity index (χ4v) is 2.28. The molecule has 17 heavy (non-hydrogen) atoms. The summed E-state index contributed by atoms with van der Waals surface area (Å²) < 4.78 is 11.2. The molecule has 0 spiro atoms. The summed E-state index contributed by atoms with van der Waals surface area (Å²) in [5.41, 5.74) is -0.0979. The second-order valence-corrected chi connectivity index (χ2v) is 4.99. The van der Waals surface area contributed by atoms with E-state index >= 15 is 0 Å². The predicted molar refractivity (Wildman–Crippen MR) is 62.2 cm³/mol. The van der Waals surface area contributed by atoms with E-state index in [2.05, 4.69) is 27.3 Å². The maximum atomic E-state index is 5.81. The van der Waals surface area contributed by atoms with Gasteiger partial charge in [-0.25, -0.2) is 0 Å². The van der Waals surface area contributed by atoms with E-state index in [9.17, 15) is 0 Å². The van der Waals surface area contributed by atoms with Crippen LogP contribution < -0.4 is 10.2 Å². The van der Waals surface area contributed by atoms with Crippen molar-refractivity contribution >= 4 is 6.01 Å². The van der Waals surface area contributed by atoms with Gasteiger partial charge in [0.1, 0.15) is 0 Å². The second kappa shape index (κ2) is 4.27. The van der Waals surface area contributed by atoms with Gasteiger partial charge in [-0.15, -0.1) is 5.10 Å². The van der Waals surface area contributed by atoms with Crippen molar-refractivity contribution in [3.63, 3.8) is 0 Å².